The van der Waals surface area contributed by atoms with Crippen molar-refractivity contribution in [1.29, 1.82) is 0 Å². The molecule has 96 valence electrons. The zero-order valence-corrected chi connectivity index (χ0v) is 10.2. The van der Waals surface area contributed by atoms with E-state index in [1.807, 2.05) is 0 Å². The van der Waals surface area contributed by atoms with Gasteiger partial charge in [-0.15, -0.1) is 0 Å². The summed E-state index contributed by atoms with van der Waals surface area (Å²) in [5.74, 6) is -0.594. The van der Waals surface area contributed by atoms with Crippen LogP contribution in [-0.4, -0.2) is 9.55 Å². The molecule has 2 aromatic carbocycles. The van der Waals surface area contributed by atoms with Gasteiger partial charge in [-0.1, -0.05) is 12.1 Å². The van der Waals surface area contributed by atoms with E-state index in [1.54, 1.807) is 29.8 Å². The van der Waals surface area contributed by atoms with Crippen LogP contribution in [0.15, 0.2) is 36.4 Å². The fourth-order valence-corrected chi connectivity index (χ4v) is 2.18. The number of para-hydroxylation sites is 1. The van der Waals surface area contributed by atoms with Crippen molar-refractivity contribution in [2.45, 2.75) is 0 Å². The number of nitrogens with two attached hydrogens (primary N) is 1. The summed E-state index contributed by atoms with van der Waals surface area (Å²) in [5, 5.41) is 0. The van der Waals surface area contributed by atoms with Crippen molar-refractivity contribution in [3.05, 3.63) is 48.0 Å². The van der Waals surface area contributed by atoms with E-state index in [9.17, 15) is 8.78 Å². The van der Waals surface area contributed by atoms with Crippen LogP contribution in [0.25, 0.3) is 22.4 Å². The average molecular weight is 259 g/mol. The maximum absolute atomic E-state index is 13.9. The molecule has 5 heteroatoms. The summed E-state index contributed by atoms with van der Waals surface area (Å²) in [6.45, 7) is 0. The molecule has 1 aromatic heterocycles. The molecule has 0 bridgehead atoms. The monoisotopic (exact) mass is 259 g/mol. The number of aromatic nitrogens is 2. The van der Waals surface area contributed by atoms with Crippen molar-refractivity contribution >= 4 is 16.7 Å². The fourth-order valence-electron chi connectivity index (χ4n) is 2.18. The molecular weight excluding hydrogens is 248 g/mol. The van der Waals surface area contributed by atoms with Gasteiger partial charge in [0.2, 0.25) is 0 Å². The molecular formula is C14H11F2N3. The summed E-state index contributed by atoms with van der Waals surface area (Å²) in [6, 6.07) is 9.07. The Hall–Kier alpha value is -2.43. The Bertz CT molecular complexity index is 757. The molecule has 2 N–H and O–H groups in total. The van der Waals surface area contributed by atoms with Gasteiger partial charge < -0.3 is 10.3 Å². The van der Waals surface area contributed by atoms with Crippen LogP contribution in [0.1, 0.15) is 0 Å². The summed E-state index contributed by atoms with van der Waals surface area (Å²) in [5.41, 5.74) is 7.07. The molecule has 0 unspecified atom stereocenters. The molecule has 0 atom stereocenters. The van der Waals surface area contributed by atoms with E-state index in [1.165, 1.54) is 18.2 Å². The van der Waals surface area contributed by atoms with E-state index in [4.69, 9.17) is 5.73 Å². The quantitative estimate of drug-likeness (QED) is 0.682. The fraction of sp³-hybridized carbons (Fsp3) is 0.0714. The number of nitrogen functional groups attached to an aromatic ring is 1. The van der Waals surface area contributed by atoms with E-state index < -0.39 is 11.6 Å². The van der Waals surface area contributed by atoms with Crippen molar-refractivity contribution in [2.75, 3.05) is 5.73 Å². The minimum Gasteiger partial charge on any atom is -0.398 e. The Morgan fingerprint density at radius 3 is 2.42 bits per heavy atom. The molecule has 0 fully saturated rings. The maximum atomic E-state index is 13.9. The van der Waals surface area contributed by atoms with Gasteiger partial charge in [-0.05, 0) is 24.3 Å². The first-order chi connectivity index (χ1) is 9.09. The molecule has 3 nitrogen and oxygen atoms in total. The minimum atomic E-state index is -0.473. The molecule has 3 rings (SSSR count). The smallest absolute Gasteiger partial charge is 0.151 e. The number of hydrogen-bond acceptors (Lipinski definition) is 2. The van der Waals surface area contributed by atoms with Crippen molar-refractivity contribution in [2.24, 2.45) is 7.05 Å². The van der Waals surface area contributed by atoms with Gasteiger partial charge in [0.05, 0.1) is 11.1 Å². The second kappa shape index (κ2) is 4.05. The Balaban J connectivity index is 2.38. The van der Waals surface area contributed by atoms with E-state index >= 15 is 0 Å². The lowest BCUT2D eigenvalue weighted by Crippen LogP contribution is -1.99. The average Bonchev–Trinajstić information content (AvgIpc) is 2.69. The second-order valence-corrected chi connectivity index (χ2v) is 4.31. The van der Waals surface area contributed by atoms with Crippen molar-refractivity contribution in [3.8, 4) is 11.4 Å². The van der Waals surface area contributed by atoms with E-state index in [-0.39, 0.29) is 16.8 Å². The number of anilines is 1. The lowest BCUT2D eigenvalue weighted by atomic mass is 10.1. The maximum Gasteiger partial charge on any atom is 0.151 e. The first-order valence-electron chi connectivity index (χ1n) is 5.75. The largest absolute Gasteiger partial charge is 0.398 e. The van der Waals surface area contributed by atoms with E-state index in [0.29, 0.717) is 11.3 Å². The lowest BCUT2D eigenvalue weighted by Gasteiger charge is -2.06. The molecule has 1 heterocycles. The summed E-state index contributed by atoms with van der Waals surface area (Å²) in [6.07, 6.45) is 0. The number of aryl methyl sites for hydroxylation is 1. The zero-order valence-electron chi connectivity index (χ0n) is 10.2. The number of imidazole rings is 1. The number of nitrogens with zero attached hydrogens (tertiary/aromatic N) is 2. The molecule has 3 aromatic rings. The predicted octanol–water partition coefficient (Wildman–Crippen LogP) is 3.10. The topological polar surface area (TPSA) is 43.8 Å². The zero-order chi connectivity index (χ0) is 13.6. The molecule has 0 radical (unpaired) electrons. The van der Waals surface area contributed by atoms with Crippen molar-refractivity contribution in [3.63, 3.8) is 0 Å². The number of rotatable bonds is 1. The van der Waals surface area contributed by atoms with Crippen LogP contribution in [-0.2, 0) is 7.05 Å². The Kier molecular flexibility index (Phi) is 2.48. The van der Waals surface area contributed by atoms with Crippen LogP contribution < -0.4 is 5.73 Å². The molecule has 0 aliphatic carbocycles. The van der Waals surface area contributed by atoms with Gasteiger partial charge in [0.1, 0.15) is 17.2 Å². The Morgan fingerprint density at radius 1 is 1.05 bits per heavy atom. The van der Waals surface area contributed by atoms with Gasteiger partial charge in [-0.2, -0.15) is 0 Å². The number of halogens is 2. The number of fused-ring (bicyclic) bond motifs is 1. The third-order valence-corrected chi connectivity index (χ3v) is 3.13. The highest BCUT2D eigenvalue weighted by molar-refractivity contribution is 5.84. The summed E-state index contributed by atoms with van der Waals surface area (Å²) in [7, 11) is 1.70. The van der Waals surface area contributed by atoms with E-state index in [2.05, 4.69) is 4.98 Å². The third-order valence-electron chi connectivity index (χ3n) is 3.13. The molecule has 0 saturated carbocycles. The minimum absolute atomic E-state index is 0.195. The molecule has 0 aliphatic heterocycles. The summed E-state index contributed by atoms with van der Waals surface area (Å²) >= 11 is 0. The van der Waals surface area contributed by atoms with Crippen LogP contribution in [0.4, 0.5) is 14.5 Å². The van der Waals surface area contributed by atoms with Crippen molar-refractivity contribution < 1.29 is 8.78 Å². The molecule has 0 spiro atoms. The molecule has 19 heavy (non-hydrogen) atoms. The summed E-state index contributed by atoms with van der Waals surface area (Å²) < 4.78 is 29.2. The van der Waals surface area contributed by atoms with Crippen LogP contribution in [0.5, 0.6) is 0 Å². The first kappa shape index (κ1) is 11.6. The van der Waals surface area contributed by atoms with Gasteiger partial charge in [0, 0.05) is 12.7 Å². The van der Waals surface area contributed by atoms with Crippen LogP contribution in [0.3, 0.4) is 0 Å². The lowest BCUT2D eigenvalue weighted by molar-refractivity contribution is 0.629. The van der Waals surface area contributed by atoms with Gasteiger partial charge in [-0.25, -0.2) is 13.8 Å². The third kappa shape index (κ3) is 1.66. The van der Waals surface area contributed by atoms with Crippen LogP contribution >= 0.6 is 0 Å². The molecule has 0 amide bonds. The molecule has 0 aliphatic rings. The first-order valence-corrected chi connectivity index (χ1v) is 5.75. The van der Waals surface area contributed by atoms with Gasteiger partial charge in [0.15, 0.2) is 5.82 Å². The Morgan fingerprint density at radius 2 is 1.74 bits per heavy atom. The second-order valence-electron chi connectivity index (χ2n) is 4.31. The predicted molar refractivity (Wildman–Crippen MR) is 70.5 cm³/mol. The van der Waals surface area contributed by atoms with Crippen LogP contribution in [0, 0.1) is 11.6 Å². The highest BCUT2D eigenvalue weighted by Crippen LogP contribution is 2.30. The number of hydrogen-bond donors (Lipinski definition) is 1. The van der Waals surface area contributed by atoms with Crippen LogP contribution in [0.2, 0.25) is 0 Å². The van der Waals surface area contributed by atoms with Gasteiger partial charge >= 0.3 is 0 Å². The Labute approximate surface area is 108 Å². The highest BCUT2D eigenvalue weighted by atomic mass is 19.1. The summed E-state index contributed by atoms with van der Waals surface area (Å²) in [4.78, 5) is 4.17. The highest BCUT2D eigenvalue weighted by Gasteiger charge is 2.17. The SMILES string of the molecule is Cn1c(-c2c(N)cccc2F)nc2c(F)cccc21. The molecule has 0 saturated heterocycles. The standard InChI is InChI=1S/C14H11F2N3/c1-19-11-7-3-5-9(16)13(11)18-14(19)12-8(15)4-2-6-10(12)17/h2-7H,17H2,1H3. The normalized spacial score (nSPS) is 11.1. The number of benzene rings is 2. The van der Waals surface area contributed by atoms with Gasteiger partial charge in [0.25, 0.3) is 0 Å². The van der Waals surface area contributed by atoms with Crippen molar-refractivity contribution in [1.82, 2.24) is 9.55 Å². The van der Waals surface area contributed by atoms with E-state index in [0.717, 1.165) is 0 Å². The van der Waals surface area contributed by atoms with Gasteiger partial charge in [-0.3, -0.25) is 0 Å².